The molecule has 3 N–H and O–H groups in total. The maximum Gasteiger partial charge on any atom is 0.104 e. The number of hydrogen-bond donors (Lipinski definition) is 2. The Balaban J connectivity index is 1.89. The van der Waals surface area contributed by atoms with Gasteiger partial charge in [-0.15, -0.1) is 0 Å². The van der Waals surface area contributed by atoms with Crippen molar-refractivity contribution in [3.63, 3.8) is 0 Å². The number of benzene rings is 2. The summed E-state index contributed by atoms with van der Waals surface area (Å²) in [5, 5.41) is 10.9. The molecule has 110 valence electrons. The molecule has 1 heterocycles. The largest absolute Gasteiger partial charge is 0.398 e. The van der Waals surface area contributed by atoms with Gasteiger partial charge in [0.2, 0.25) is 0 Å². The number of nitrogen functional groups attached to an aromatic ring is 1. The molecule has 0 aromatic heterocycles. The first-order valence-electron chi connectivity index (χ1n) is 7.48. The van der Waals surface area contributed by atoms with Gasteiger partial charge in [-0.25, -0.2) is 0 Å². The SMILES string of the molecule is CC(O)(CN1CCCc2c(N)cccc21)c1ccccc1. The molecule has 1 aliphatic heterocycles. The standard InChI is InChI=1S/C18H22N2O/c1-18(21,14-7-3-2-4-8-14)13-20-12-6-9-15-16(19)10-5-11-17(15)20/h2-5,7-8,10-11,21H,6,9,12-13,19H2,1H3. The molecule has 3 heteroatoms. The second-order valence-electron chi connectivity index (χ2n) is 6.01. The van der Waals surface area contributed by atoms with Crippen LogP contribution in [-0.4, -0.2) is 18.2 Å². The topological polar surface area (TPSA) is 49.5 Å². The predicted octanol–water partition coefficient (Wildman–Crippen LogP) is 2.93. The fourth-order valence-corrected chi connectivity index (χ4v) is 3.15. The van der Waals surface area contributed by atoms with Crippen molar-refractivity contribution in [3.05, 3.63) is 59.7 Å². The molecule has 2 aromatic carbocycles. The lowest BCUT2D eigenvalue weighted by atomic mass is 9.93. The Labute approximate surface area is 126 Å². The van der Waals surface area contributed by atoms with Gasteiger partial charge in [0.1, 0.15) is 5.60 Å². The number of rotatable bonds is 3. The number of nitrogens with two attached hydrogens (primary N) is 1. The molecule has 21 heavy (non-hydrogen) atoms. The normalized spacial score (nSPS) is 17.1. The lowest BCUT2D eigenvalue weighted by Crippen LogP contribution is -2.41. The molecular weight excluding hydrogens is 260 g/mol. The Hall–Kier alpha value is -2.00. The van der Waals surface area contributed by atoms with Crippen LogP contribution in [0.15, 0.2) is 48.5 Å². The molecule has 1 atom stereocenters. The van der Waals surface area contributed by atoms with E-state index >= 15 is 0 Å². The van der Waals surface area contributed by atoms with Crippen LogP contribution in [0.2, 0.25) is 0 Å². The Kier molecular flexibility index (Phi) is 3.60. The van der Waals surface area contributed by atoms with Gasteiger partial charge in [-0.1, -0.05) is 36.4 Å². The average molecular weight is 282 g/mol. The molecule has 3 rings (SSSR count). The smallest absolute Gasteiger partial charge is 0.104 e. The van der Waals surface area contributed by atoms with Crippen molar-refractivity contribution >= 4 is 11.4 Å². The van der Waals surface area contributed by atoms with E-state index in [-0.39, 0.29) is 0 Å². The number of anilines is 2. The van der Waals surface area contributed by atoms with Crippen LogP contribution in [0.3, 0.4) is 0 Å². The van der Waals surface area contributed by atoms with E-state index in [9.17, 15) is 5.11 Å². The van der Waals surface area contributed by atoms with Gasteiger partial charge in [0.05, 0.1) is 6.54 Å². The van der Waals surface area contributed by atoms with Gasteiger partial charge >= 0.3 is 0 Å². The van der Waals surface area contributed by atoms with Gasteiger partial charge in [-0.05, 0) is 43.0 Å². The van der Waals surface area contributed by atoms with Gasteiger partial charge < -0.3 is 15.7 Å². The second-order valence-corrected chi connectivity index (χ2v) is 6.01. The fourth-order valence-electron chi connectivity index (χ4n) is 3.15. The molecule has 3 nitrogen and oxygen atoms in total. The van der Waals surface area contributed by atoms with E-state index in [0.717, 1.165) is 36.3 Å². The van der Waals surface area contributed by atoms with Crippen molar-refractivity contribution in [2.75, 3.05) is 23.7 Å². The summed E-state index contributed by atoms with van der Waals surface area (Å²) < 4.78 is 0. The lowest BCUT2D eigenvalue weighted by molar-refractivity contribution is 0.0641. The van der Waals surface area contributed by atoms with Crippen LogP contribution in [0, 0.1) is 0 Å². The first kappa shape index (κ1) is 14.0. The average Bonchev–Trinajstić information content (AvgIpc) is 2.49. The molecule has 0 saturated carbocycles. The van der Waals surface area contributed by atoms with Crippen molar-refractivity contribution in [3.8, 4) is 0 Å². The predicted molar refractivity (Wildman–Crippen MR) is 87.4 cm³/mol. The highest BCUT2D eigenvalue weighted by Crippen LogP contribution is 2.33. The highest BCUT2D eigenvalue weighted by molar-refractivity contribution is 5.66. The van der Waals surface area contributed by atoms with Crippen molar-refractivity contribution in [1.82, 2.24) is 0 Å². The van der Waals surface area contributed by atoms with Crippen LogP contribution < -0.4 is 10.6 Å². The fraction of sp³-hybridized carbons (Fsp3) is 0.333. The zero-order valence-electron chi connectivity index (χ0n) is 12.4. The maximum atomic E-state index is 10.9. The molecule has 0 saturated heterocycles. The molecule has 0 spiro atoms. The Morgan fingerprint density at radius 1 is 1.14 bits per heavy atom. The summed E-state index contributed by atoms with van der Waals surface area (Å²) in [6.45, 7) is 3.41. The summed E-state index contributed by atoms with van der Waals surface area (Å²) in [4.78, 5) is 2.25. The lowest BCUT2D eigenvalue weighted by Gasteiger charge is -2.37. The van der Waals surface area contributed by atoms with Crippen molar-refractivity contribution in [2.45, 2.75) is 25.4 Å². The highest BCUT2D eigenvalue weighted by Gasteiger charge is 2.28. The van der Waals surface area contributed by atoms with Gasteiger partial charge in [0, 0.05) is 17.9 Å². The minimum absolute atomic E-state index is 0.577. The summed E-state index contributed by atoms with van der Waals surface area (Å²) in [5.41, 5.74) is 9.40. The molecule has 0 amide bonds. The first-order valence-corrected chi connectivity index (χ1v) is 7.48. The van der Waals surface area contributed by atoms with Gasteiger partial charge in [-0.3, -0.25) is 0 Å². The molecule has 0 bridgehead atoms. The van der Waals surface area contributed by atoms with Gasteiger partial charge in [0.25, 0.3) is 0 Å². The molecular formula is C18H22N2O. The first-order chi connectivity index (χ1) is 10.1. The van der Waals surface area contributed by atoms with Crippen LogP contribution >= 0.6 is 0 Å². The van der Waals surface area contributed by atoms with E-state index in [1.807, 2.05) is 49.4 Å². The summed E-state index contributed by atoms with van der Waals surface area (Å²) in [6.07, 6.45) is 2.10. The van der Waals surface area contributed by atoms with Gasteiger partial charge in [0.15, 0.2) is 0 Å². The summed E-state index contributed by atoms with van der Waals surface area (Å²) in [5.74, 6) is 0. The monoisotopic (exact) mass is 282 g/mol. The molecule has 2 aromatic rings. The van der Waals surface area contributed by atoms with Crippen molar-refractivity contribution in [1.29, 1.82) is 0 Å². The Bertz CT molecular complexity index is 622. The number of β-amino-alcohol motifs (C(OH)–C–C–N with tert-alkyl or cyclic N) is 1. The Morgan fingerprint density at radius 3 is 2.67 bits per heavy atom. The quantitative estimate of drug-likeness (QED) is 0.851. The van der Waals surface area contributed by atoms with Crippen molar-refractivity contribution < 1.29 is 5.11 Å². The van der Waals surface area contributed by atoms with E-state index in [1.165, 1.54) is 5.56 Å². The van der Waals surface area contributed by atoms with E-state index in [1.54, 1.807) is 0 Å². The van der Waals surface area contributed by atoms with E-state index < -0.39 is 5.60 Å². The van der Waals surface area contributed by atoms with Gasteiger partial charge in [-0.2, -0.15) is 0 Å². The Morgan fingerprint density at radius 2 is 1.90 bits per heavy atom. The summed E-state index contributed by atoms with van der Waals surface area (Å²) >= 11 is 0. The molecule has 1 unspecified atom stereocenters. The van der Waals surface area contributed by atoms with Crippen LogP contribution in [0.4, 0.5) is 11.4 Å². The van der Waals surface area contributed by atoms with Crippen LogP contribution in [0.5, 0.6) is 0 Å². The molecule has 0 radical (unpaired) electrons. The number of fused-ring (bicyclic) bond motifs is 1. The molecule has 0 fully saturated rings. The van der Waals surface area contributed by atoms with Crippen LogP contribution in [0.25, 0.3) is 0 Å². The zero-order chi connectivity index (χ0) is 14.9. The molecule has 1 aliphatic rings. The van der Waals surface area contributed by atoms with Crippen LogP contribution in [-0.2, 0) is 12.0 Å². The third-order valence-electron chi connectivity index (χ3n) is 4.28. The van der Waals surface area contributed by atoms with E-state index in [0.29, 0.717) is 6.54 Å². The van der Waals surface area contributed by atoms with Crippen LogP contribution in [0.1, 0.15) is 24.5 Å². The highest BCUT2D eigenvalue weighted by atomic mass is 16.3. The number of aliphatic hydroxyl groups is 1. The van der Waals surface area contributed by atoms with E-state index in [2.05, 4.69) is 11.0 Å². The zero-order valence-corrected chi connectivity index (χ0v) is 12.4. The third-order valence-corrected chi connectivity index (χ3v) is 4.28. The summed E-state index contributed by atoms with van der Waals surface area (Å²) in [6, 6.07) is 15.9. The maximum absolute atomic E-state index is 10.9. The number of hydrogen-bond acceptors (Lipinski definition) is 3. The van der Waals surface area contributed by atoms with E-state index in [4.69, 9.17) is 5.73 Å². The minimum Gasteiger partial charge on any atom is -0.398 e. The number of nitrogens with zero attached hydrogens (tertiary/aromatic N) is 1. The summed E-state index contributed by atoms with van der Waals surface area (Å²) in [7, 11) is 0. The third kappa shape index (κ3) is 2.74. The second kappa shape index (κ2) is 5.41. The van der Waals surface area contributed by atoms with Crippen molar-refractivity contribution in [2.24, 2.45) is 0 Å². The molecule has 0 aliphatic carbocycles. The minimum atomic E-state index is -0.875.